The number of ether oxygens (including phenoxy) is 2. The maximum absolute atomic E-state index is 12.1. The number of rotatable bonds is 4. The predicted molar refractivity (Wildman–Crippen MR) is 84.0 cm³/mol. The van der Waals surface area contributed by atoms with Crippen LogP contribution in [0.2, 0.25) is 0 Å². The highest BCUT2D eigenvalue weighted by atomic mass is 16.6. The second kappa shape index (κ2) is 7.27. The van der Waals surface area contributed by atoms with Gasteiger partial charge in [0.2, 0.25) is 0 Å². The first-order chi connectivity index (χ1) is 11.1. The largest absolute Gasteiger partial charge is 0.447 e. The SMILES string of the molecule is O=C(OCC1CCCO1)N1CCC(O)(Cc2ccccn2)CC1. The molecule has 0 saturated carbocycles. The Morgan fingerprint density at radius 1 is 1.43 bits per heavy atom. The van der Waals surface area contributed by atoms with E-state index in [2.05, 4.69) is 4.98 Å². The van der Waals surface area contributed by atoms with Crippen LogP contribution in [0.3, 0.4) is 0 Å². The standard InChI is InChI=1S/C17H24N2O4/c20-16(23-13-15-5-3-11-22-15)19-9-6-17(21,7-10-19)12-14-4-1-2-8-18-14/h1-2,4,8,15,21H,3,5-7,9-13H2. The van der Waals surface area contributed by atoms with Gasteiger partial charge in [0.05, 0.1) is 11.7 Å². The summed E-state index contributed by atoms with van der Waals surface area (Å²) in [7, 11) is 0. The van der Waals surface area contributed by atoms with Gasteiger partial charge in [-0.3, -0.25) is 4.98 Å². The predicted octanol–water partition coefficient (Wildman–Crippen LogP) is 1.77. The highest BCUT2D eigenvalue weighted by molar-refractivity contribution is 5.67. The van der Waals surface area contributed by atoms with Crippen LogP contribution < -0.4 is 0 Å². The zero-order chi connectivity index (χ0) is 16.1. The third kappa shape index (κ3) is 4.42. The number of carbonyl (C=O) groups is 1. The average Bonchev–Trinajstić information content (AvgIpc) is 3.07. The minimum absolute atomic E-state index is 0.0461. The van der Waals surface area contributed by atoms with Crippen LogP contribution in [0.4, 0.5) is 4.79 Å². The van der Waals surface area contributed by atoms with E-state index in [1.165, 1.54) is 0 Å². The molecule has 6 nitrogen and oxygen atoms in total. The zero-order valence-corrected chi connectivity index (χ0v) is 13.3. The second-order valence-electron chi connectivity index (χ2n) is 6.42. The first-order valence-corrected chi connectivity index (χ1v) is 8.30. The lowest BCUT2D eigenvalue weighted by Gasteiger charge is -2.37. The molecule has 0 spiro atoms. The van der Waals surface area contributed by atoms with Crippen LogP contribution in [0.5, 0.6) is 0 Å². The summed E-state index contributed by atoms with van der Waals surface area (Å²) in [6.45, 7) is 2.10. The molecule has 1 unspecified atom stereocenters. The van der Waals surface area contributed by atoms with Crippen molar-refractivity contribution in [1.82, 2.24) is 9.88 Å². The van der Waals surface area contributed by atoms with Gasteiger partial charge in [0, 0.05) is 38.0 Å². The van der Waals surface area contributed by atoms with Crippen molar-refractivity contribution in [2.75, 3.05) is 26.3 Å². The van der Waals surface area contributed by atoms with Crippen LogP contribution in [-0.2, 0) is 15.9 Å². The third-order valence-electron chi connectivity index (χ3n) is 4.61. The van der Waals surface area contributed by atoms with E-state index < -0.39 is 5.60 Å². The molecule has 1 aromatic heterocycles. The lowest BCUT2D eigenvalue weighted by atomic mass is 9.87. The van der Waals surface area contributed by atoms with E-state index in [0.717, 1.165) is 25.1 Å². The Hall–Kier alpha value is -1.66. The molecule has 0 radical (unpaired) electrons. The summed E-state index contributed by atoms with van der Waals surface area (Å²) in [4.78, 5) is 18.0. The molecule has 2 aliphatic heterocycles. The van der Waals surface area contributed by atoms with Gasteiger partial charge in [0.15, 0.2) is 0 Å². The molecule has 1 N–H and O–H groups in total. The second-order valence-corrected chi connectivity index (χ2v) is 6.42. The number of aliphatic hydroxyl groups is 1. The first-order valence-electron chi connectivity index (χ1n) is 8.30. The van der Waals surface area contributed by atoms with Gasteiger partial charge in [-0.05, 0) is 37.8 Å². The van der Waals surface area contributed by atoms with Crippen LogP contribution in [0.25, 0.3) is 0 Å². The number of amides is 1. The van der Waals surface area contributed by atoms with Crippen LogP contribution in [-0.4, -0.2) is 59.1 Å². The summed E-state index contributed by atoms with van der Waals surface area (Å²) in [5.41, 5.74) is 0.0871. The van der Waals surface area contributed by atoms with Gasteiger partial charge >= 0.3 is 6.09 Å². The molecule has 2 fully saturated rings. The van der Waals surface area contributed by atoms with Crippen molar-refractivity contribution in [1.29, 1.82) is 0 Å². The average molecular weight is 320 g/mol. The van der Waals surface area contributed by atoms with Gasteiger partial charge in [0.25, 0.3) is 0 Å². The Balaban J connectivity index is 1.44. The number of hydrogen-bond acceptors (Lipinski definition) is 5. The number of likely N-dealkylation sites (tertiary alicyclic amines) is 1. The molecule has 2 saturated heterocycles. The fourth-order valence-electron chi connectivity index (χ4n) is 3.15. The fraction of sp³-hybridized carbons (Fsp3) is 0.647. The Labute approximate surface area is 136 Å². The molecular formula is C17H24N2O4. The molecule has 1 aromatic rings. The summed E-state index contributed by atoms with van der Waals surface area (Å²) < 4.78 is 10.8. The summed E-state index contributed by atoms with van der Waals surface area (Å²) in [6.07, 6.45) is 5.06. The number of carbonyl (C=O) groups excluding carboxylic acids is 1. The summed E-state index contributed by atoms with van der Waals surface area (Å²) in [5, 5.41) is 10.7. The first kappa shape index (κ1) is 16.2. The van der Waals surface area contributed by atoms with Crippen LogP contribution >= 0.6 is 0 Å². The zero-order valence-electron chi connectivity index (χ0n) is 13.3. The minimum atomic E-state index is -0.792. The molecular weight excluding hydrogens is 296 g/mol. The molecule has 1 atom stereocenters. The molecule has 1 amide bonds. The Kier molecular flexibility index (Phi) is 5.13. The van der Waals surface area contributed by atoms with E-state index in [1.807, 2.05) is 18.2 Å². The molecule has 126 valence electrons. The van der Waals surface area contributed by atoms with Gasteiger partial charge < -0.3 is 19.5 Å². The fourth-order valence-corrected chi connectivity index (χ4v) is 3.15. The van der Waals surface area contributed by atoms with E-state index in [4.69, 9.17) is 9.47 Å². The maximum atomic E-state index is 12.1. The molecule has 3 rings (SSSR count). The van der Waals surface area contributed by atoms with Gasteiger partial charge in [-0.25, -0.2) is 4.79 Å². The van der Waals surface area contributed by atoms with Crippen LogP contribution in [0, 0.1) is 0 Å². The highest BCUT2D eigenvalue weighted by Gasteiger charge is 2.35. The van der Waals surface area contributed by atoms with E-state index in [1.54, 1.807) is 11.1 Å². The summed E-state index contributed by atoms with van der Waals surface area (Å²) >= 11 is 0. The van der Waals surface area contributed by atoms with E-state index in [-0.39, 0.29) is 12.2 Å². The Morgan fingerprint density at radius 2 is 2.26 bits per heavy atom. The molecule has 0 aromatic carbocycles. The van der Waals surface area contributed by atoms with Crippen molar-refractivity contribution >= 4 is 6.09 Å². The van der Waals surface area contributed by atoms with Gasteiger partial charge in [-0.1, -0.05) is 6.07 Å². The topological polar surface area (TPSA) is 71.9 Å². The monoisotopic (exact) mass is 320 g/mol. The molecule has 3 heterocycles. The minimum Gasteiger partial charge on any atom is -0.447 e. The number of pyridine rings is 1. The summed E-state index contributed by atoms with van der Waals surface area (Å²) in [5.74, 6) is 0. The van der Waals surface area contributed by atoms with Gasteiger partial charge in [-0.15, -0.1) is 0 Å². The number of nitrogens with zero attached hydrogens (tertiary/aromatic N) is 2. The summed E-state index contributed by atoms with van der Waals surface area (Å²) in [6, 6.07) is 5.70. The van der Waals surface area contributed by atoms with Crippen molar-refractivity contribution in [3.63, 3.8) is 0 Å². The maximum Gasteiger partial charge on any atom is 0.409 e. The number of piperidine rings is 1. The molecule has 0 bridgehead atoms. The quantitative estimate of drug-likeness (QED) is 0.915. The van der Waals surface area contributed by atoms with E-state index in [9.17, 15) is 9.90 Å². The van der Waals surface area contributed by atoms with Crippen molar-refractivity contribution < 1.29 is 19.4 Å². The van der Waals surface area contributed by atoms with E-state index >= 15 is 0 Å². The number of aromatic nitrogens is 1. The Morgan fingerprint density at radius 3 is 2.91 bits per heavy atom. The molecule has 0 aliphatic carbocycles. The Bertz CT molecular complexity index is 509. The van der Waals surface area contributed by atoms with Gasteiger partial charge in [-0.2, -0.15) is 0 Å². The number of hydrogen-bond donors (Lipinski definition) is 1. The molecule has 6 heteroatoms. The van der Waals surface area contributed by atoms with Crippen molar-refractivity contribution in [2.24, 2.45) is 0 Å². The van der Waals surface area contributed by atoms with Crippen molar-refractivity contribution in [3.8, 4) is 0 Å². The molecule has 2 aliphatic rings. The lowest BCUT2D eigenvalue weighted by Crippen LogP contribution is -2.48. The molecule has 23 heavy (non-hydrogen) atoms. The lowest BCUT2D eigenvalue weighted by molar-refractivity contribution is -0.0258. The smallest absolute Gasteiger partial charge is 0.409 e. The third-order valence-corrected chi connectivity index (χ3v) is 4.61. The van der Waals surface area contributed by atoms with Crippen LogP contribution in [0.1, 0.15) is 31.4 Å². The van der Waals surface area contributed by atoms with Crippen LogP contribution in [0.15, 0.2) is 24.4 Å². The van der Waals surface area contributed by atoms with Crippen molar-refractivity contribution in [3.05, 3.63) is 30.1 Å². The van der Waals surface area contributed by atoms with Gasteiger partial charge in [0.1, 0.15) is 6.61 Å². The van der Waals surface area contributed by atoms with E-state index in [0.29, 0.717) is 39.0 Å². The van der Waals surface area contributed by atoms with Crippen molar-refractivity contribution in [2.45, 2.75) is 43.8 Å². The highest BCUT2D eigenvalue weighted by Crippen LogP contribution is 2.26. The normalized spacial score (nSPS) is 23.7.